The molecule has 2 N–H and O–H groups in total. The molecule has 150 valence electrons. The van der Waals surface area contributed by atoms with Crippen LogP contribution in [-0.2, 0) is 4.74 Å². The van der Waals surface area contributed by atoms with E-state index < -0.39 is 11.4 Å². The highest BCUT2D eigenvalue weighted by atomic mass is 19.1. The molecule has 1 aliphatic heterocycles. The zero-order chi connectivity index (χ0) is 19.9. The molecule has 3 amide bonds. The Kier molecular flexibility index (Phi) is 7.41. The number of carbonyl (C=O) groups is 2. The van der Waals surface area contributed by atoms with Crippen LogP contribution in [0.3, 0.4) is 0 Å². The van der Waals surface area contributed by atoms with Crippen LogP contribution in [0.5, 0.6) is 5.75 Å². The summed E-state index contributed by atoms with van der Waals surface area (Å²) >= 11 is 0. The number of hydrogen-bond donors (Lipinski definition) is 2. The molecule has 0 spiro atoms. The van der Waals surface area contributed by atoms with Crippen molar-refractivity contribution in [1.82, 2.24) is 15.5 Å². The van der Waals surface area contributed by atoms with Gasteiger partial charge >= 0.3 is 6.03 Å². The second-order valence-electron chi connectivity index (χ2n) is 6.65. The van der Waals surface area contributed by atoms with Crippen molar-refractivity contribution in [3.8, 4) is 5.75 Å². The Hall–Kier alpha value is -2.35. The van der Waals surface area contributed by atoms with Gasteiger partial charge in [0.2, 0.25) is 0 Å². The van der Waals surface area contributed by atoms with E-state index in [0.29, 0.717) is 45.5 Å². The minimum absolute atomic E-state index is 0.0934. The number of halogens is 1. The third-order valence-electron chi connectivity index (χ3n) is 4.91. The largest absolute Gasteiger partial charge is 0.494 e. The summed E-state index contributed by atoms with van der Waals surface area (Å²) < 4.78 is 24.0. The molecule has 7 nitrogen and oxygen atoms in total. The van der Waals surface area contributed by atoms with Crippen LogP contribution in [0.2, 0.25) is 0 Å². The van der Waals surface area contributed by atoms with E-state index in [-0.39, 0.29) is 23.3 Å². The monoisotopic (exact) mass is 381 g/mol. The maximum atomic E-state index is 13.9. The molecule has 2 rings (SSSR count). The highest BCUT2D eigenvalue weighted by Crippen LogP contribution is 2.27. The zero-order valence-corrected chi connectivity index (χ0v) is 16.1. The smallest absolute Gasteiger partial charge is 0.317 e. The lowest BCUT2D eigenvalue weighted by atomic mass is 9.84. The van der Waals surface area contributed by atoms with Crippen molar-refractivity contribution in [3.05, 3.63) is 29.6 Å². The Labute approximate surface area is 159 Å². The van der Waals surface area contributed by atoms with Gasteiger partial charge in [0.05, 0.1) is 7.11 Å². The molecule has 1 aromatic carbocycles. The molecule has 1 heterocycles. The zero-order valence-electron chi connectivity index (χ0n) is 16.1. The molecular weight excluding hydrogens is 353 g/mol. The van der Waals surface area contributed by atoms with E-state index in [4.69, 9.17) is 9.47 Å². The minimum Gasteiger partial charge on any atom is -0.494 e. The van der Waals surface area contributed by atoms with Gasteiger partial charge in [0, 0.05) is 44.5 Å². The molecule has 8 heteroatoms. The lowest BCUT2D eigenvalue weighted by Crippen LogP contribution is -2.57. The van der Waals surface area contributed by atoms with Crippen molar-refractivity contribution >= 4 is 11.9 Å². The van der Waals surface area contributed by atoms with E-state index in [1.54, 1.807) is 12.0 Å². The normalized spacial score (nSPS) is 15.9. The molecule has 0 saturated carbocycles. The molecule has 0 unspecified atom stereocenters. The molecule has 27 heavy (non-hydrogen) atoms. The Bertz CT molecular complexity index is 660. The van der Waals surface area contributed by atoms with Crippen molar-refractivity contribution in [2.75, 3.05) is 40.5 Å². The Morgan fingerprint density at radius 2 is 1.96 bits per heavy atom. The first-order valence-corrected chi connectivity index (χ1v) is 9.12. The van der Waals surface area contributed by atoms with E-state index in [1.807, 2.05) is 6.92 Å². The number of hydrogen-bond acceptors (Lipinski definition) is 4. The molecule has 0 aromatic heterocycles. The predicted octanol–water partition coefficient (Wildman–Crippen LogP) is 2.16. The average molecular weight is 381 g/mol. The van der Waals surface area contributed by atoms with E-state index in [9.17, 15) is 14.0 Å². The number of rotatable bonds is 7. The number of carbonyl (C=O) groups excluding carboxylic acids is 2. The highest BCUT2D eigenvalue weighted by molar-refractivity contribution is 5.94. The summed E-state index contributed by atoms with van der Waals surface area (Å²) in [6.45, 7) is 4.00. The fourth-order valence-corrected chi connectivity index (χ4v) is 3.26. The van der Waals surface area contributed by atoms with Gasteiger partial charge < -0.3 is 25.0 Å². The number of nitrogens with one attached hydrogen (secondary N) is 2. The van der Waals surface area contributed by atoms with Gasteiger partial charge in [0.1, 0.15) is 0 Å². The average Bonchev–Trinajstić information content (AvgIpc) is 2.67. The highest BCUT2D eigenvalue weighted by Gasteiger charge is 2.37. The number of nitrogens with zero attached hydrogens (tertiary/aromatic N) is 1. The van der Waals surface area contributed by atoms with E-state index in [1.165, 1.54) is 25.3 Å². The standard InChI is InChI=1S/C19H28FN3O4/c1-4-21-18(25)23-10-7-19(8-11-23,9-12-26-2)22-17(24)14-5-6-16(27-3)15(20)13-14/h5-6,13H,4,7-12H2,1-3H3,(H,21,25)(H,22,24). The lowest BCUT2D eigenvalue weighted by Gasteiger charge is -2.42. The van der Waals surface area contributed by atoms with E-state index >= 15 is 0 Å². The van der Waals surface area contributed by atoms with Crippen molar-refractivity contribution in [1.29, 1.82) is 0 Å². The molecule has 1 aliphatic rings. The van der Waals surface area contributed by atoms with Gasteiger partial charge in [-0.3, -0.25) is 4.79 Å². The third-order valence-corrected chi connectivity index (χ3v) is 4.91. The maximum Gasteiger partial charge on any atom is 0.317 e. The SMILES string of the molecule is CCNC(=O)N1CCC(CCOC)(NC(=O)c2ccc(OC)c(F)c2)CC1. The number of urea groups is 1. The molecule has 0 aliphatic carbocycles. The van der Waals surface area contributed by atoms with E-state index in [2.05, 4.69) is 10.6 Å². The number of piperidine rings is 1. The minimum atomic E-state index is -0.581. The summed E-state index contributed by atoms with van der Waals surface area (Å²) in [5.41, 5.74) is -0.261. The Balaban J connectivity index is 2.09. The van der Waals surface area contributed by atoms with Crippen LogP contribution in [0.1, 0.15) is 36.5 Å². The third kappa shape index (κ3) is 5.32. The molecule has 1 fully saturated rings. The van der Waals surface area contributed by atoms with Crippen molar-refractivity contribution in [2.45, 2.75) is 31.7 Å². The molecule has 1 aromatic rings. The van der Waals surface area contributed by atoms with Crippen LogP contribution in [0.15, 0.2) is 18.2 Å². The van der Waals surface area contributed by atoms with Crippen molar-refractivity contribution in [2.24, 2.45) is 0 Å². The van der Waals surface area contributed by atoms with Gasteiger partial charge in [-0.15, -0.1) is 0 Å². The second-order valence-corrected chi connectivity index (χ2v) is 6.65. The fraction of sp³-hybridized carbons (Fsp3) is 0.579. The first kappa shape index (κ1) is 21.0. The van der Waals surface area contributed by atoms with Gasteiger partial charge in [-0.25, -0.2) is 9.18 Å². The fourth-order valence-electron chi connectivity index (χ4n) is 3.26. The van der Waals surface area contributed by atoms with Crippen LogP contribution in [-0.4, -0.2) is 62.8 Å². The summed E-state index contributed by atoms with van der Waals surface area (Å²) in [5, 5.41) is 5.85. The van der Waals surface area contributed by atoms with Crippen LogP contribution >= 0.6 is 0 Å². The molecule has 0 bridgehead atoms. The Morgan fingerprint density at radius 1 is 1.26 bits per heavy atom. The van der Waals surface area contributed by atoms with Crippen LogP contribution in [0.25, 0.3) is 0 Å². The second kappa shape index (κ2) is 9.55. The van der Waals surface area contributed by atoms with Crippen LogP contribution in [0, 0.1) is 5.82 Å². The molecule has 1 saturated heterocycles. The number of methoxy groups -OCH3 is 2. The number of benzene rings is 1. The van der Waals surface area contributed by atoms with Gasteiger partial charge in [-0.05, 0) is 44.4 Å². The van der Waals surface area contributed by atoms with Crippen LogP contribution in [0.4, 0.5) is 9.18 Å². The van der Waals surface area contributed by atoms with Gasteiger partial charge in [-0.2, -0.15) is 0 Å². The van der Waals surface area contributed by atoms with Gasteiger partial charge in [0.15, 0.2) is 11.6 Å². The summed E-state index contributed by atoms with van der Waals surface area (Å²) in [7, 11) is 2.98. The maximum absolute atomic E-state index is 13.9. The lowest BCUT2D eigenvalue weighted by molar-refractivity contribution is 0.0746. The topological polar surface area (TPSA) is 79.9 Å². The van der Waals surface area contributed by atoms with Gasteiger partial charge in [-0.1, -0.05) is 0 Å². The quantitative estimate of drug-likeness (QED) is 0.759. The van der Waals surface area contributed by atoms with Crippen molar-refractivity contribution in [3.63, 3.8) is 0 Å². The first-order chi connectivity index (χ1) is 12.9. The summed E-state index contributed by atoms with van der Waals surface area (Å²) in [5.74, 6) is -0.836. The number of ether oxygens (including phenoxy) is 2. The van der Waals surface area contributed by atoms with Crippen LogP contribution < -0.4 is 15.4 Å². The molecule has 0 radical (unpaired) electrons. The number of likely N-dealkylation sites (tertiary alicyclic amines) is 1. The van der Waals surface area contributed by atoms with E-state index in [0.717, 1.165) is 0 Å². The molecule has 0 atom stereocenters. The predicted molar refractivity (Wildman–Crippen MR) is 99.5 cm³/mol. The summed E-state index contributed by atoms with van der Waals surface area (Å²) in [6.07, 6.45) is 1.84. The molecular formula is C19H28FN3O4. The first-order valence-electron chi connectivity index (χ1n) is 9.12. The summed E-state index contributed by atoms with van der Waals surface area (Å²) in [6, 6.07) is 4.04. The summed E-state index contributed by atoms with van der Waals surface area (Å²) in [4.78, 5) is 26.5. The Morgan fingerprint density at radius 3 is 2.52 bits per heavy atom. The number of amides is 3. The van der Waals surface area contributed by atoms with Crippen molar-refractivity contribution < 1.29 is 23.5 Å². The van der Waals surface area contributed by atoms with Gasteiger partial charge in [0.25, 0.3) is 5.91 Å².